The largest absolute Gasteiger partial charge is 0.493 e. The van der Waals surface area contributed by atoms with Gasteiger partial charge in [0.1, 0.15) is 12.9 Å². The quantitative estimate of drug-likeness (QED) is 0.617. The Bertz CT molecular complexity index is 655. The Morgan fingerprint density at radius 2 is 2.19 bits per heavy atom. The zero-order valence-electron chi connectivity index (χ0n) is 11.6. The summed E-state index contributed by atoms with van der Waals surface area (Å²) in [6.07, 6.45) is 1.54. The Morgan fingerprint density at radius 3 is 2.71 bits per heavy atom. The van der Waals surface area contributed by atoms with Gasteiger partial charge in [0.15, 0.2) is 17.3 Å². The van der Waals surface area contributed by atoms with Gasteiger partial charge in [0.05, 0.1) is 18.1 Å². The van der Waals surface area contributed by atoms with Gasteiger partial charge in [-0.15, -0.1) is 10.2 Å². The van der Waals surface area contributed by atoms with Gasteiger partial charge < -0.3 is 19.8 Å². The van der Waals surface area contributed by atoms with Crippen LogP contribution in [0.2, 0.25) is 0 Å². The van der Waals surface area contributed by atoms with Crippen molar-refractivity contribution in [2.45, 2.75) is 13.2 Å². The number of aryl methyl sites for hydroxylation is 1. The molecule has 2 N–H and O–H groups in total. The number of rotatable bonds is 6. The van der Waals surface area contributed by atoms with Crippen molar-refractivity contribution in [3.05, 3.63) is 40.0 Å². The molecular weight excluding hydrogens is 278 g/mol. The molecule has 0 bridgehead atoms. The Kier molecular flexibility index (Phi) is 4.33. The number of nitro benzene ring substituents is 1. The lowest BCUT2D eigenvalue weighted by Crippen LogP contribution is -2.06. The molecule has 0 radical (unpaired) electrons. The second-order valence-electron chi connectivity index (χ2n) is 4.24. The van der Waals surface area contributed by atoms with Crippen molar-refractivity contribution in [3.8, 4) is 11.5 Å². The number of aromatic nitrogens is 3. The lowest BCUT2D eigenvalue weighted by molar-refractivity contribution is -0.385. The van der Waals surface area contributed by atoms with Crippen molar-refractivity contribution in [1.82, 2.24) is 14.8 Å². The molecule has 1 aromatic carbocycles. The summed E-state index contributed by atoms with van der Waals surface area (Å²) < 4.78 is 12.4. The highest BCUT2D eigenvalue weighted by Crippen LogP contribution is 2.34. The van der Waals surface area contributed by atoms with Crippen molar-refractivity contribution >= 4 is 5.69 Å². The van der Waals surface area contributed by atoms with E-state index in [1.165, 1.54) is 25.6 Å². The number of methoxy groups -OCH3 is 1. The van der Waals surface area contributed by atoms with Crippen molar-refractivity contribution < 1.29 is 14.4 Å². The van der Waals surface area contributed by atoms with E-state index in [1.807, 2.05) is 0 Å². The Balaban J connectivity index is 2.31. The first-order valence-corrected chi connectivity index (χ1v) is 6.07. The van der Waals surface area contributed by atoms with Crippen LogP contribution in [-0.4, -0.2) is 26.8 Å². The zero-order valence-corrected chi connectivity index (χ0v) is 11.6. The van der Waals surface area contributed by atoms with Crippen LogP contribution < -0.4 is 15.2 Å². The van der Waals surface area contributed by atoms with E-state index >= 15 is 0 Å². The smallest absolute Gasteiger partial charge is 0.277 e. The van der Waals surface area contributed by atoms with Gasteiger partial charge in [-0.1, -0.05) is 0 Å². The van der Waals surface area contributed by atoms with E-state index in [0.29, 0.717) is 17.1 Å². The number of hydrogen-bond donors (Lipinski definition) is 1. The summed E-state index contributed by atoms with van der Waals surface area (Å²) in [6, 6.07) is 2.81. The monoisotopic (exact) mass is 293 g/mol. The van der Waals surface area contributed by atoms with Crippen LogP contribution in [0, 0.1) is 10.1 Å². The molecule has 112 valence electrons. The van der Waals surface area contributed by atoms with E-state index < -0.39 is 4.92 Å². The number of nitrogens with two attached hydrogens (primary N) is 1. The molecule has 0 aliphatic rings. The molecular formula is C12H15N5O4. The molecule has 0 spiro atoms. The first-order valence-electron chi connectivity index (χ1n) is 6.07. The molecule has 0 aliphatic heterocycles. The molecule has 2 rings (SSSR count). The molecule has 9 heteroatoms. The van der Waals surface area contributed by atoms with Gasteiger partial charge in [-0.25, -0.2) is 0 Å². The highest BCUT2D eigenvalue weighted by molar-refractivity contribution is 5.54. The molecule has 0 fully saturated rings. The predicted octanol–water partition coefficient (Wildman–Crippen LogP) is 0.770. The SMILES string of the molecule is COc1cc(CN)c([N+](=O)[O-])cc1OCc1nncn1C. The first kappa shape index (κ1) is 14.7. The van der Waals surface area contributed by atoms with Crippen LogP contribution in [0.5, 0.6) is 11.5 Å². The second kappa shape index (κ2) is 6.18. The average Bonchev–Trinajstić information content (AvgIpc) is 2.89. The van der Waals surface area contributed by atoms with E-state index in [9.17, 15) is 10.1 Å². The molecule has 1 aromatic heterocycles. The Morgan fingerprint density at radius 1 is 1.43 bits per heavy atom. The minimum Gasteiger partial charge on any atom is -0.493 e. The van der Waals surface area contributed by atoms with E-state index in [1.54, 1.807) is 11.6 Å². The number of benzene rings is 1. The maximum absolute atomic E-state index is 11.0. The molecule has 0 saturated heterocycles. The highest BCUT2D eigenvalue weighted by atomic mass is 16.6. The van der Waals surface area contributed by atoms with Crippen LogP contribution in [0.4, 0.5) is 5.69 Å². The van der Waals surface area contributed by atoms with Crippen LogP contribution in [0.1, 0.15) is 11.4 Å². The summed E-state index contributed by atoms with van der Waals surface area (Å²) in [5.74, 6) is 1.22. The average molecular weight is 293 g/mol. The molecule has 0 aliphatic carbocycles. The number of ether oxygens (including phenoxy) is 2. The van der Waals surface area contributed by atoms with Crippen molar-refractivity contribution in [1.29, 1.82) is 0 Å². The van der Waals surface area contributed by atoms with Gasteiger partial charge in [0.25, 0.3) is 5.69 Å². The maximum Gasteiger partial charge on any atom is 0.277 e. The minimum atomic E-state index is -0.503. The van der Waals surface area contributed by atoms with Crippen LogP contribution in [-0.2, 0) is 20.2 Å². The Hall–Kier alpha value is -2.68. The van der Waals surface area contributed by atoms with Gasteiger partial charge in [-0.05, 0) is 6.07 Å². The fraction of sp³-hybridized carbons (Fsp3) is 0.333. The van der Waals surface area contributed by atoms with Gasteiger partial charge in [-0.3, -0.25) is 10.1 Å². The van der Waals surface area contributed by atoms with Crippen molar-refractivity contribution in [2.24, 2.45) is 12.8 Å². The molecule has 0 saturated carbocycles. The summed E-state index contributed by atoms with van der Waals surface area (Å²) in [4.78, 5) is 10.5. The van der Waals surface area contributed by atoms with Crippen LogP contribution in [0.15, 0.2) is 18.5 Å². The van der Waals surface area contributed by atoms with E-state index in [2.05, 4.69) is 10.2 Å². The lowest BCUT2D eigenvalue weighted by atomic mass is 10.1. The number of nitrogens with zero attached hydrogens (tertiary/aromatic N) is 4. The normalized spacial score (nSPS) is 10.4. The maximum atomic E-state index is 11.0. The molecule has 0 atom stereocenters. The predicted molar refractivity (Wildman–Crippen MR) is 72.9 cm³/mol. The summed E-state index contributed by atoms with van der Waals surface area (Å²) in [7, 11) is 3.23. The van der Waals surface area contributed by atoms with Crippen molar-refractivity contribution in [2.75, 3.05) is 7.11 Å². The van der Waals surface area contributed by atoms with E-state index in [0.717, 1.165) is 0 Å². The van der Waals surface area contributed by atoms with Crippen LogP contribution in [0.3, 0.4) is 0 Å². The summed E-state index contributed by atoms with van der Waals surface area (Å²) in [6.45, 7) is 0.155. The third kappa shape index (κ3) is 3.08. The van der Waals surface area contributed by atoms with Gasteiger partial charge >= 0.3 is 0 Å². The lowest BCUT2D eigenvalue weighted by Gasteiger charge is -2.12. The standard InChI is InChI=1S/C12H15N5O4/c1-16-7-14-15-12(16)6-21-11-4-9(17(18)19)8(5-13)3-10(11)20-2/h3-4,7H,5-6,13H2,1-2H3. The topological polar surface area (TPSA) is 118 Å². The zero-order chi connectivity index (χ0) is 15.4. The molecule has 21 heavy (non-hydrogen) atoms. The third-order valence-electron chi connectivity index (χ3n) is 2.94. The molecule has 9 nitrogen and oxygen atoms in total. The third-order valence-corrected chi connectivity index (χ3v) is 2.94. The number of hydrogen-bond acceptors (Lipinski definition) is 7. The van der Waals surface area contributed by atoms with Gasteiger partial charge in [0.2, 0.25) is 0 Å². The minimum absolute atomic E-state index is 0.0379. The summed E-state index contributed by atoms with van der Waals surface area (Å²) in [5, 5.41) is 18.6. The van der Waals surface area contributed by atoms with Crippen LogP contribution >= 0.6 is 0 Å². The van der Waals surface area contributed by atoms with Gasteiger partial charge in [0, 0.05) is 19.2 Å². The number of nitro groups is 1. The van der Waals surface area contributed by atoms with Crippen molar-refractivity contribution in [3.63, 3.8) is 0 Å². The summed E-state index contributed by atoms with van der Waals surface area (Å²) in [5.41, 5.74) is 5.78. The van der Waals surface area contributed by atoms with Crippen LogP contribution in [0.25, 0.3) is 0 Å². The molecule has 0 unspecified atom stereocenters. The van der Waals surface area contributed by atoms with E-state index in [4.69, 9.17) is 15.2 Å². The first-order chi connectivity index (χ1) is 10.1. The molecule has 1 heterocycles. The van der Waals surface area contributed by atoms with E-state index in [-0.39, 0.29) is 24.6 Å². The second-order valence-corrected chi connectivity index (χ2v) is 4.24. The molecule has 0 amide bonds. The van der Waals surface area contributed by atoms with Gasteiger partial charge in [-0.2, -0.15) is 0 Å². The molecule has 2 aromatic rings. The Labute approximate surface area is 120 Å². The fourth-order valence-electron chi connectivity index (χ4n) is 1.78. The summed E-state index contributed by atoms with van der Waals surface area (Å²) >= 11 is 0. The fourth-order valence-corrected chi connectivity index (χ4v) is 1.78. The highest BCUT2D eigenvalue weighted by Gasteiger charge is 2.19.